The summed E-state index contributed by atoms with van der Waals surface area (Å²) in [7, 11) is 4.15. The number of benzene rings is 3. The van der Waals surface area contributed by atoms with Crippen molar-refractivity contribution in [2.24, 2.45) is 0 Å². The summed E-state index contributed by atoms with van der Waals surface area (Å²) < 4.78 is 2.55. The summed E-state index contributed by atoms with van der Waals surface area (Å²) in [5, 5.41) is 2.68. The van der Waals surface area contributed by atoms with Crippen molar-refractivity contribution in [3.8, 4) is 10.4 Å². The summed E-state index contributed by atoms with van der Waals surface area (Å²) in [6.07, 6.45) is 6.93. The summed E-state index contributed by atoms with van der Waals surface area (Å²) in [5.41, 5.74) is 6.59. The molecule has 4 heteroatoms. The summed E-state index contributed by atoms with van der Waals surface area (Å²) in [4.78, 5) is 4.72. The highest BCUT2D eigenvalue weighted by molar-refractivity contribution is 7.80. The molecule has 0 aliphatic carbocycles. The largest absolute Gasteiger partial charge is 0.378 e. The van der Waals surface area contributed by atoms with Crippen LogP contribution in [0.5, 0.6) is 0 Å². The van der Waals surface area contributed by atoms with Gasteiger partial charge in [-0.05, 0) is 78.8 Å². The molecule has 0 spiro atoms. The molecular weight excluding hydrogens is 477 g/mol. The number of anilines is 1. The Bertz CT molecular complexity index is 1440. The van der Waals surface area contributed by atoms with Crippen LogP contribution in [0, 0.1) is 0 Å². The molecule has 0 fully saturated rings. The normalized spacial score (nSPS) is 14.7. The van der Waals surface area contributed by atoms with Gasteiger partial charge in [-0.15, -0.1) is 11.3 Å². The molecule has 2 nitrogen and oxygen atoms in total. The van der Waals surface area contributed by atoms with Crippen LogP contribution in [0.1, 0.15) is 37.1 Å². The molecule has 184 valence electrons. The lowest BCUT2D eigenvalue weighted by Gasteiger charge is -2.17. The first-order valence-electron chi connectivity index (χ1n) is 12.7. The predicted octanol–water partition coefficient (Wildman–Crippen LogP) is 8.43. The van der Waals surface area contributed by atoms with Crippen LogP contribution < -0.4 is 4.90 Å². The van der Waals surface area contributed by atoms with Crippen LogP contribution in [-0.4, -0.2) is 36.7 Å². The number of thiol groups is 1. The number of nitrogens with zero attached hydrogens (tertiary/aromatic N) is 2. The maximum absolute atomic E-state index is 4.45. The number of hydrogen-bond donors (Lipinski definition) is 1. The lowest BCUT2D eigenvalue weighted by molar-refractivity contribution is -0.438. The van der Waals surface area contributed by atoms with Crippen LogP contribution in [0.3, 0.4) is 0 Å². The van der Waals surface area contributed by atoms with E-state index in [1.54, 1.807) is 0 Å². The van der Waals surface area contributed by atoms with Gasteiger partial charge in [-0.1, -0.05) is 36.4 Å². The van der Waals surface area contributed by atoms with E-state index >= 15 is 0 Å². The molecule has 2 heterocycles. The van der Waals surface area contributed by atoms with Gasteiger partial charge in [0.25, 0.3) is 0 Å². The molecule has 0 saturated heterocycles. The van der Waals surface area contributed by atoms with E-state index in [1.807, 2.05) is 11.3 Å². The average Bonchev–Trinajstić information content (AvgIpc) is 3.43. The fraction of sp³-hybridized carbons (Fsp3) is 0.281. The molecule has 1 aliphatic heterocycles. The van der Waals surface area contributed by atoms with Crippen LogP contribution in [0.15, 0.2) is 78.9 Å². The number of unbranched alkanes of at least 4 members (excludes halogenated alkanes) is 1. The molecule has 4 aromatic rings. The third-order valence-electron chi connectivity index (χ3n) is 7.24. The first kappa shape index (κ1) is 24.9. The highest BCUT2D eigenvalue weighted by Crippen LogP contribution is 2.44. The zero-order valence-corrected chi connectivity index (χ0v) is 23.4. The average molecular weight is 512 g/mol. The Morgan fingerprint density at radius 3 is 2.42 bits per heavy atom. The van der Waals surface area contributed by atoms with Gasteiger partial charge in [0.1, 0.15) is 6.54 Å². The quantitative estimate of drug-likeness (QED) is 0.141. The summed E-state index contributed by atoms with van der Waals surface area (Å²) >= 11 is 6.30. The van der Waals surface area contributed by atoms with E-state index in [0.29, 0.717) is 0 Å². The molecule has 3 aromatic carbocycles. The summed E-state index contributed by atoms with van der Waals surface area (Å²) in [6.45, 7) is 5.77. The molecule has 0 radical (unpaired) electrons. The maximum Gasteiger partial charge on any atom is 0.210 e. The summed E-state index contributed by atoms with van der Waals surface area (Å²) in [5.74, 6) is 0.931. The van der Waals surface area contributed by atoms with Crippen LogP contribution >= 0.6 is 24.0 Å². The van der Waals surface area contributed by atoms with Crippen molar-refractivity contribution in [1.29, 1.82) is 0 Å². The van der Waals surface area contributed by atoms with Crippen molar-refractivity contribution in [1.82, 2.24) is 0 Å². The highest BCUT2D eigenvalue weighted by Gasteiger charge is 2.45. The second-order valence-corrected chi connectivity index (χ2v) is 11.8. The van der Waals surface area contributed by atoms with Gasteiger partial charge in [0.15, 0.2) is 5.71 Å². The van der Waals surface area contributed by atoms with E-state index in [1.165, 1.54) is 48.7 Å². The Balaban J connectivity index is 1.50. The molecule has 0 N–H and O–H groups in total. The van der Waals surface area contributed by atoms with Gasteiger partial charge < -0.3 is 4.90 Å². The lowest BCUT2D eigenvalue weighted by atomic mass is 9.79. The fourth-order valence-electron chi connectivity index (χ4n) is 5.34. The van der Waals surface area contributed by atoms with Crippen molar-refractivity contribution in [2.45, 2.75) is 32.1 Å². The molecule has 1 aliphatic rings. The molecule has 0 saturated carbocycles. The lowest BCUT2D eigenvalue weighted by Crippen LogP contribution is -2.28. The fourth-order valence-corrected chi connectivity index (χ4v) is 6.48. The van der Waals surface area contributed by atoms with E-state index < -0.39 is 0 Å². The van der Waals surface area contributed by atoms with E-state index in [4.69, 9.17) is 0 Å². The van der Waals surface area contributed by atoms with Crippen LogP contribution in [0.4, 0.5) is 11.4 Å². The Labute approximate surface area is 225 Å². The summed E-state index contributed by atoms with van der Waals surface area (Å²) in [6, 6.07) is 26.7. The zero-order valence-electron chi connectivity index (χ0n) is 21.7. The van der Waals surface area contributed by atoms with Crippen LogP contribution in [-0.2, 0) is 5.41 Å². The van der Waals surface area contributed by atoms with Crippen molar-refractivity contribution < 1.29 is 4.58 Å². The molecule has 0 bridgehead atoms. The van der Waals surface area contributed by atoms with Gasteiger partial charge in [-0.25, -0.2) is 0 Å². The molecule has 0 atom stereocenters. The maximum atomic E-state index is 4.45. The van der Waals surface area contributed by atoms with Gasteiger partial charge in [0.05, 0.1) is 5.41 Å². The standard InChI is InChI=1S/C32H34N2S2/c1-32(2)30(20-17-26-16-19-29(36-26)24-11-14-25(15-12-24)33(3)4)34(21-7-8-22-35)28-18-13-23-9-5-6-10-27(23)31(28)32/h5-6,9-20H,7-8,21-22H2,1-4H3/p+1. The molecular formula is C32H35N2S2+. The Hall–Kier alpha value is -2.82. The van der Waals surface area contributed by atoms with Crippen LogP contribution in [0.2, 0.25) is 0 Å². The van der Waals surface area contributed by atoms with Crippen molar-refractivity contribution >= 4 is 57.9 Å². The predicted molar refractivity (Wildman–Crippen MR) is 163 cm³/mol. The minimum absolute atomic E-state index is 0.0736. The van der Waals surface area contributed by atoms with Gasteiger partial charge >= 0.3 is 0 Å². The molecule has 5 rings (SSSR count). The van der Waals surface area contributed by atoms with Gasteiger partial charge in [-0.3, -0.25) is 0 Å². The van der Waals surface area contributed by atoms with Crippen molar-refractivity contribution in [3.05, 3.63) is 89.3 Å². The number of rotatable bonds is 8. The second kappa shape index (κ2) is 10.3. The molecule has 0 amide bonds. The Kier molecular flexibility index (Phi) is 7.09. The van der Waals surface area contributed by atoms with Crippen LogP contribution in [0.25, 0.3) is 27.3 Å². The zero-order chi connectivity index (χ0) is 25.3. The van der Waals surface area contributed by atoms with Crippen molar-refractivity contribution in [2.75, 3.05) is 31.3 Å². The van der Waals surface area contributed by atoms with Gasteiger partial charge in [-0.2, -0.15) is 17.2 Å². The number of allylic oxidation sites excluding steroid dienone is 1. The molecule has 36 heavy (non-hydrogen) atoms. The Morgan fingerprint density at radius 2 is 1.67 bits per heavy atom. The van der Waals surface area contributed by atoms with Crippen molar-refractivity contribution in [3.63, 3.8) is 0 Å². The topological polar surface area (TPSA) is 6.25 Å². The first-order chi connectivity index (χ1) is 17.4. The smallest absolute Gasteiger partial charge is 0.210 e. The van der Waals surface area contributed by atoms with E-state index in [-0.39, 0.29) is 5.41 Å². The van der Waals surface area contributed by atoms with Gasteiger partial charge in [0.2, 0.25) is 5.69 Å². The Morgan fingerprint density at radius 1 is 0.889 bits per heavy atom. The SMILES string of the molecule is CN(C)c1ccc(-c2ccc(/C=C/C3=[N+](CCCCS)c4ccc5ccccc5c4C3(C)C)s2)cc1. The number of hydrogen-bond acceptors (Lipinski definition) is 3. The molecule has 0 unspecified atom stereocenters. The third kappa shape index (κ3) is 4.65. The minimum Gasteiger partial charge on any atom is -0.378 e. The third-order valence-corrected chi connectivity index (χ3v) is 8.66. The van der Waals surface area contributed by atoms with E-state index in [9.17, 15) is 0 Å². The highest BCUT2D eigenvalue weighted by atomic mass is 32.1. The monoisotopic (exact) mass is 511 g/mol. The van der Waals surface area contributed by atoms with E-state index in [0.717, 1.165) is 25.1 Å². The second-order valence-electron chi connectivity index (χ2n) is 10.3. The molecule has 1 aromatic heterocycles. The number of fused-ring (bicyclic) bond motifs is 3. The first-order valence-corrected chi connectivity index (χ1v) is 14.2. The number of thiophene rings is 1. The minimum atomic E-state index is -0.0736. The van der Waals surface area contributed by atoms with E-state index in [2.05, 4.69) is 135 Å². The van der Waals surface area contributed by atoms with Gasteiger partial charge in [0, 0.05) is 53.7 Å².